The van der Waals surface area contributed by atoms with Gasteiger partial charge in [0.25, 0.3) is 0 Å². The molecular weight excluding hydrogens is 551 g/mol. The first-order chi connectivity index (χ1) is 18.6. The third-order valence-electron chi connectivity index (χ3n) is 7.19. The molecule has 40 heavy (non-hydrogen) atoms. The van der Waals surface area contributed by atoms with E-state index in [1.807, 2.05) is 6.07 Å². The Morgan fingerprint density at radius 3 is 1.90 bits per heavy atom. The number of nitrogens with zero attached hydrogens (tertiary/aromatic N) is 2. The molecule has 0 bridgehead atoms. The first-order valence-electron chi connectivity index (χ1n) is 14.1. The van der Waals surface area contributed by atoms with Gasteiger partial charge < -0.3 is 18.9 Å². The number of carbonyl (C=O) groups is 1. The molecule has 1 aliphatic rings. The molecule has 1 saturated heterocycles. The van der Waals surface area contributed by atoms with Crippen LogP contribution in [-0.4, -0.2) is 69.9 Å². The van der Waals surface area contributed by atoms with Gasteiger partial charge in [-0.3, -0.25) is 14.6 Å². The van der Waals surface area contributed by atoms with Gasteiger partial charge in [-0.15, -0.1) is 24.8 Å². The molecule has 0 amide bonds. The second-order valence-corrected chi connectivity index (χ2v) is 9.98. The van der Waals surface area contributed by atoms with Gasteiger partial charge in [0, 0.05) is 51.3 Å². The van der Waals surface area contributed by atoms with Crippen molar-refractivity contribution in [1.29, 1.82) is 0 Å². The largest absolute Gasteiger partial charge is 0.493 e. The van der Waals surface area contributed by atoms with E-state index in [0.717, 1.165) is 82.7 Å². The Hall–Kier alpha value is -2.19. The van der Waals surface area contributed by atoms with Crippen LogP contribution in [0.4, 0.5) is 0 Å². The molecule has 2 aromatic carbocycles. The second-order valence-electron chi connectivity index (χ2n) is 9.98. The van der Waals surface area contributed by atoms with Gasteiger partial charge in [0.2, 0.25) is 5.75 Å². The molecule has 3 rings (SSSR count). The molecule has 0 spiro atoms. The highest BCUT2D eigenvalue weighted by molar-refractivity contribution is 5.85. The number of carbonyl (C=O) groups excluding carboxylic acids is 1. The molecule has 9 heteroatoms. The molecule has 1 aliphatic heterocycles. The minimum atomic E-state index is -0.111. The maximum Gasteiger partial charge on any atom is 0.305 e. The maximum absolute atomic E-state index is 11.2. The van der Waals surface area contributed by atoms with Crippen LogP contribution in [0.15, 0.2) is 42.5 Å². The summed E-state index contributed by atoms with van der Waals surface area (Å²) in [7, 11) is 4.79. The Kier molecular flexibility index (Phi) is 18.5. The SMILES string of the molecule is COC(=O)CCCCCCCCCOc1c(CN2CCN(Cc3ccccc3)CC2)ccc(OC)c1OC.Cl.Cl. The number of rotatable bonds is 17. The van der Waals surface area contributed by atoms with Crippen LogP contribution in [-0.2, 0) is 22.6 Å². The lowest BCUT2D eigenvalue weighted by molar-refractivity contribution is -0.140. The van der Waals surface area contributed by atoms with Gasteiger partial charge in [-0.25, -0.2) is 0 Å². The second kappa shape index (κ2) is 20.7. The van der Waals surface area contributed by atoms with E-state index in [0.29, 0.717) is 24.5 Å². The minimum absolute atomic E-state index is 0. The van der Waals surface area contributed by atoms with Gasteiger partial charge in [-0.05, 0) is 24.5 Å². The Labute approximate surface area is 253 Å². The maximum atomic E-state index is 11.2. The standard InChI is InChI=1S/C31H46N2O5.2ClH/c1-35-28-18-17-27(25-33-21-19-32(20-22-33)24-26-14-10-9-11-15-26)30(31(28)37-3)38-23-13-8-6-4-5-7-12-16-29(34)36-2;;/h9-11,14-15,17-18H,4-8,12-13,16,19-25H2,1-3H3;2*1H. The fourth-order valence-electron chi connectivity index (χ4n) is 4.94. The predicted octanol–water partition coefficient (Wildman–Crippen LogP) is 6.54. The number of esters is 1. The molecule has 0 atom stereocenters. The van der Waals surface area contributed by atoms with Gasteiger partial charge >= 0.3 is 5.97 Å². The van der Waals surface area contributed by atoms with Crippen molar-refractivity contribution < 1.29 is 23.7 Å². The Balaban J connectivity index is 0.00000400. The van der Waals surface area contributed by atoms with Crippen molar-refractivity contribution in [1.82, 2.24) is 9.80 Å². The van der Waals surface area contributed by atoms with Crippen LogP contribution in [0, 0.1) is 0 Å². The van der Waals surface area contributed by atoms with Crippen LogP contribution >= 0.6 is 24.8 Å². The smallest absolute Gasteiger partial charge is 0.305 e. The Morgan fingerprint density at radius 1 is 0.700 bits per heavy atom. The van der Waals surface area contributed by atoms with E-state index >= 15 is 0 Å². The zero-order chi connectivity index (χ0) is 27.0. The van der Waals surface area contributed by atoms with Gasteiger partial charge in [-0.2, -0.15) is 0 Å². The molecular formula is C31H48Cl2N2O5. The van der Waals surface area contributed by atoms with Crippen molar-refractivity contribution in [3.05, 3.63) is 53.6 Å². The lowest BCUT2D eigenvalue weighted by Gasteiger charge is -2.35. The molecule has 1 fully saturated rings. The number of benzene rings is 2. The molecule has 0 unspecified atom stereocenters. The van der Waals surface area contributed by atoms with Crippen LogP contribution in [0.2, 0.25) is 0 Å². The first-order valence-corrected chi connectivity index (χ1v) is 14.1. The summed E-state index contributed by atoms with van der Waals surface area (Å²) in [6.45, 7) is 6.67. The van der Waals surface area contributed by atoms with Crippen molar-refractivity contribution in [3.8, 4) is 17.2 Å². The molecule has 2 aromatic rings. The average molecular weight is 600 g/mol. The summed E-state index contributed by atoms with van der Waals surface area (Å²) in [4.78, 5) is 16.2. The van der Waals surface area contributed by atoms with Crippen molar-refractivity contribution in [2.24, 2.45) is 0 Å². The van der Waals surface area contributed by atoms with Crippen LogP contribution in [0.1, 0.15) is 62.5 Å². The number of piperazine rings is 1. The monoisotopic (exact) mass is 598 g/mol. The van der Waals surface area contributed by atoms with Crippen molar-refractivity contribution in [3.63, 3.8) is 0 Å². The predicted molar refractivity (Wildman–Crippen MR) is 165 cm³/mol. The number of halogens is 2. The average Bonchev–Trinajstić information content (AvgIpc) is 2.95. The summed E-state index contributed by atoms with van der Waals surface area (Å²) in [6, 6.07) is 14.8. The topological polar surface area (TPSA) is 60.5 Å². The molecule has 1 heterocycles. The molecule has 7 nitrogen and oxygen atoms in total. The molecule has 0 N–H and O–H groups in total. The highest BCUT2D eigenvalue weighted by atomic mass is 35.5. The van der Waals surface area contributed by atoms with E-state index in [4.69, 9.17) is 18.9 Å². The zero-order valence-electron chi connectivity index (χ0n) is 24.4. The van der Waals surface area contributed by atoms with Crippen LogP contribution < -0.4 is 14.2 Å². The highest BCUT2D eigenvalue weighted by Crippen LogP contribution is 2.40. The lowest BCUT2D eigenvalue weighted by Crippen LogP contribution is -2.45. The van der Waals surface area contributed by atoms with Gasteiger partial charge in [-0.1, -0.05) is 68.5 Å². The van der Waals surface area contributed by atoms with Gasteiger partial charge in [0.05, 0.1) is 27.9 Å². The van der Waals surface area contributed by atoms with E-state index in [9.17, 15) is 4.79 Å². The van der Waals surface area contributed by atoms with Crippen molar-refractivity contribution in [2.45, 2.75) is 64.5 Å². The summed E-state index contributed by atoms with van der Waals surface area (Å²) in [5.41, 5.74) is 2.51. The fourth-order valence-corrected chi connectivity index (χ4v) is 4.94. The normalized spacial score (nSPS) is 13.6. The van der Waals surface area contributed by atoms with E-state index < -0.39 is 0 Å². The summed E-state index contributed by atoms with van der Waals surface area (Å²) in [6.07, 6.45) is 8.17. The number of ether oxygens (including phenoxy) is 4. The van der Waals surface area contributed by atoms with E-state index in [1.54, 1.807) is 14.2 Å². The van der Waals surface area contributed by atoms with E-state index in [-0.39, 0.29) is 30.8 Å². The number of unbranched alkanes of at least 4 members (excludes halogenated alkanes) is 6. The summed E-state index contributed by atoms with van der Waals surface area (Å²) in [5.74, 6) is 2.07. The van der Waals surface area contributed by atoms with E-state index in [2.05, 4.69) is 46.2 Å². The van der Waals surface area contributed by atoms with Crippen LogP contribution in [0.25, 0.3) is 0 Å². The quantitative estimate of drug-likeness (QED) is 0.151. The van der Waals surface area contributed by atoms with E-state index in [1.165, 1.54) is 25.5 Å². The molecule has 0 aliphatic carbocycles. The molecule has 0 saturated carbocycles. The fraction of sp³-hybridized carbons (Fsp3) is 0.581. The summed E-state index contributed by atoms with van der Waals surface area (Å²) < 4.78 is 22.3. The first kappa shape index (κ1) is 35.8. The van der Waals surface area contributed by atoms with Crippen LogP contribution in [0.3, 0.4) is 0 Å². The zero-order valence-corrected chi connectivity index (χ0v) is 26.0. The molecule has 0 aromatic heterocycles. The minimum Gasteiger partial charge on any atom is -0.493 e. The lowest BCUT2D eigenvalue weighted by atomic mass is 10.1. The number of hydrogen-bond donors (Lipinski definition) is 0. The Morgan fingerprint density at radius 2 is 1.30 bits per heavy atom. The highest BCUT2D eigenvalue weighted by Gasteiger charge is 2.22. The molecule has 0 radical (unpaired) electrons. The number of hydrogen-bond acceptors (Lipinski definition) is 7. The van der Waals surface area contributed by atoms with Crippen molar-refractivity contribution >= 4 is 30.8 Å². The van der Waals surface area contributed by atoms with Gasteiger partial charge in [0.15, 0.2) is 11.5 Å². The third kappa shape index (κ3) is 12.1. The Bertz CT molecular complexity index is 956. The van der Waals surface area contributed by atoms with Crippen molar-refractivity contribution in [2.75, 3.05) is 54.1 Å². The van der Waals surface area contributed by atoms with Crippen LogP contribution in [0.5, 0.6) is 17.2 Å². The molecule has 226 valence electrons. The van der Waals surface area contributed by atoms with Gasteiger partial charge in [0.1, 0.15) is 0 Å². The third-order valence-corrected chi connectivity index (χ3v) is 7.19. The summed E-state index contributed by atoms with van der Waals surface area (Å²) in [5, 5.41) is 0. The summed E-state index contributed by atoms with van der Waals surface area (Å²) >= 11 is 0. The number of methoxy groups -OCH3 is 3.